The minimum absolute atomic E-state index is 0.304. The van der Waals surface area contributed by atoms with Crippen LogP contribution in [0.15, 0.2) is 15.9 Å². The molecule has 0 bridgehead atoms. The fourth-order valence-electron chi connectivity index (χ4n) is 0.655. The smallest absolute Gasteiger partial charge is 0.149 e. The van der Waals surface area contributed by atoms with Crippen molar-refractivity contribution in [2.24, 2.45) is 0 Å². The maximum atomic E-state index is 8.50. The van der Waals surface area contributed by atoms with Crippen LogP contribution in [-0.2, 0) is 0 Å². The molecule has 11 heavy (non-hydrogen) atoms. The van der Waals surface area contributed by atoms with Crippen LogP contribution in [0.4, 0.5) is 0 Å². The summed E-state index contributed by atoms with van der Waals surface area (Å²) in [6.07, 6.45) is 3.79. The lowest BCUT2D eigenvalue weighted by atomic mass is 10.4. The van der Waals surface area contributed by atoms with Gasteiger partial charge in [-0.05, 0) is 12.8 Å². The Morgan fingerprint density at radius 3 is 3.09 bits per heavy atom. The normalized spacial score (nSPS) is 10.3. The first-order valence-corrected chi connectivity index (χ1v) is 5.43. The summed E-state index contributed by atoms with van der Waals surface area (Å²) < 4.78 is 1.13. The van der Waals surface area contributed by atoms with Gasteiger partial charge in [-0.2, -0.15) is 0 Å². The first-order valence-electron chi connectivity index (χ1n) is 3.56. The van der Waals surface area contributed by atoms with E-state index in [-0.39, 0.29) is 0 Å². The van der Waals surface area contributed by atoms with Crippen LogP contribution >= 0.6 is 23.1 Å². The third kappa shape index (κ3) is 3.74. The predicted octanol–water partition coefficient (Wildman–Crippen LogP) is 2.01. The maximum absolute atomic E-state index is 8.50. The van der Waals surface area contributed by atoms with Gasteiger partial charge in [0, 0.05) is 23.9 Å². The first-order chi connectivity index (χ1) is 5.43. The highest BCUT2D eigenvalue weighted by Gasteiger charge is 1.94. The highest BCUT2D eigenvalue weighted by molar-refractivity contribution is 8.00. The Morgan fingerprint density at radius 1 is 1.55 bits per heavy atom. The fraction of sp³-hybridized carbons (Fsp3) is 0.571. The van der Waals surface area contributed by atoms with E-state index in [2.05, 4.69) is 4.98 Å². The van der Waals surface area contributed by atoms with E-state index in [0.29, 0.717) is 6.61 Å². The van der Waals surface area contributed by atoms with Gasteiger partial charge in [0.25, 0.3) is 0 Å². The van der Waals surface area contributed by atoms with E-state index in [1.807, 2.05) is 11.6 Å². The summed E-state index contributed by atoms with van der Waals surface area (Å²) in [5, 5.41) is 10.5. The summed E-state index contributed by atoms with van der Waals surface area (Å²) in [4.78, 5) is 4.13. The zero-order chi connectivity index (χ0) is 7.94. The summed E-state index contributed by atoms with van der Waals surface area (Å²) in [6, 6.07) is 0. The zero-order valence-corrected chi connectivity index (χ0v) is 7.83. The molecule has 0 amide bonds. The van der Waals surface area contributed by atoms with Crippen molar-refractivity contribution < 1.29 is 5.11 Å². The monoisotopic (exact) mass is 189 g/mol. The largest absolute Gasteiger partial charge is 0.396 e. The Hall–Kier alpha value is -0.0600. The van der Waals surface area contributed by atoms with Gasteiger partial charge < -0.3 is 5.11 Å². The number of hydrogen-bond acceptors (Lipinski definition) is 4. The Morgan fingerprint density at radius 2 is 2.45 bits per heavy atom. The summed E-state index contributed by atoms with van der Waals surface area (Å²) in [7, 11) is 0. The van der Waals surface area contributed by atoms with Crippen molar-refractivity contribution in [1.29, 1.82) is 0 Å². The minimum Gasteiger partial charge on any atom is -0.396 e. The molecule has 2 nitrogen and oxygen atoms in total. The molecule has 1 rings (SSSR count). The van der Waals surface area contributed by atoms with Gasteiger partial charge >= 0.3 is 0 Å². The van der Waals surface area contributed by atoms with Gasteiger partial charge in [-0.25, -0.2) is 4.98 Å². The predicted molar refractivity (Wildman–Crippen MR) is 49.2 cm³/mol. The summed E-state index contributed by atoms with van der Waals surface area (Å²) in [6.45, 7) is 0.304. The molecule has 0 saturated carbocycles. The van der Waals surface area contributed by atoms with E-state index in [1.54, 1.807) is 23.1 Å². The van der Waals surface area contributed by atoms with Crippen molar-refractivity contribution in [3.8, 4) is 0 Å². The van der Waals surface area contributed by atoms with Gasteiger partial charge in [0.1, 0.15) is 4.34 Å². The Balaban J connectivity index is 2.04. The summed E-state index contributed by atoms with van der Waals surface area (Å²) in [5.74, 6) is 1.06. The first kappa shape index (κ1) is 9.03. The second-order valence-electron chi connectivity index (χ2n) is 2.08. The topological polar surface area (TPSA) is 33.1 Å². The molecule has 0 atom stereocenters. The number of nitrogens with zero attached hydrogens (tertiary/aromatic N) is 1. The average Bonchev–Trinajstić information content (AvgIpc) is 2.50. The van der Waals surface area contributed by atoms with Crippen molar-refractivity contribution in [2.75, 3.05) is 12.4 Å². The summed E-state index contributed by atoms with van der Waals surface area (Å²) in [5.41, 5.74) is 0. The zero-order valence-electron chi connectivity index (χ0n) is 6.19. The molecule has 0 unspecified atom stereocenters. The molecule has 0 aliphatic rings. The van der Waals surface area contributed by atoms with Crippen molar-refractivity contribution in [3.63, 3.8) is 0 Å². The molecular formula is C7H11NOS2. The van der Waals surface area contributed by atoms with E-state index >= 15 is 0 Å². The SMILES string of the molecule is OCCCCSc1nccs1. The van der Waals surface area contributed by atoms with Gasteiger partial charge in [-0.1, -0.05) is 11.8 Å². The lowest BCUT2D eigenvalue weighted by Gasteiger charge is -1.94. The fourth-order valence-corrected chi connectivity index (χ4v) is 2.36. The average molecular weight is 189 g/mol. The second-order valence-corrected chi connectivity index (χ2v) is 4.31. The number of hydrogen-bond donors (Lipinski definition) is 1. The lowest BCUT2D eigenvalue weighted by molar-refractivity contribution is 0.287. The van der Waals surface area contributed by atoms with Crippen LogP contribution in [0.5, 0.6) is 0 Å². The number of aromatic nitrogens is 1. The highest BCUT2D eigenvalue weighted by atomic mass is 32.2. The molecule has 0 radical (unpaired) electrons. The summed E-state index contributed by atoms with van der Waals surface area (Å²) >= 11 is 3.43. The van der Waals surface area contributed by atoms with Crippen LogP contribution in [-0.4, -0.2) is 22.5 Å². The molecule has 0 aliphatic carbocycles. The third-order valence-electron chi connectivity index (χ3n) is 1.19. The maximum Gasteiger partial charge on any atom is 0.149 e. The van der Waals surface area contributed by atoms with Crippen LogP contribution in [0.1, 0.15) is 12.8 Å². The molecular weight excluding hydrogens is 178 g/mol. The van der Waals surface area contributed by atoms with Crippen molar-refractivity contribution in [1.82, 2.24) is 4.98 Å². The molecule has 0 aromatic carbocycles. The number of rotatable bonds is 5. The number of thiazole rings is 1. The van der Waals surface area contributed by atoms with Crippen LogP contribution in [0, 0.1) is 0 Å². The van der Waals surface area contributed by atoms with E-state index in [9.17, 15) is 0 Å². The van der Waals surface area contributed by atoms with Gasteiger partial charge in [0.05, 0.1) is 0 Å². The van der Waals surface area contributed by atoms with Crippen LogP contribution < -0.4 is 0 Å². The molecule has 0 fully saturated rings. The number of aliphatic hydroxyl groups excluding tert-OH is 1. The van der Waals surface area contributed by atoms with Gasteiger partial charge in [-0.3, -0.25) is 0 Å². The Labute approximate surface area is 74.7 Å². The van der Waals surface area contributed by atoms with Gasteiger partial charge in [-0.15, -0.1) is 11.3 Å². The second kappa shape index (κ2) is 5.57. The molecule has 1 N–H and O–H groups in total. The van der Waals surface area contributed by atoms with Crippen molar-refractivity contribution in [3.05, 3.63) is 11.6 Å². The van der Waals surface area contributed by atoms with E-state index in [4.69, 9.17) is 5.11 Å². The standard InChI is InChI=1S/C7H11NOS2/c9-4-1-2-5-10-7-8-3-6-11-7/h3,6,9H,1-2,4-5H2. The lowest BCUT2D eigenvalue weighted by Crippen LogP contribution is -1.84. The molecule has 1 aromatic rings. The Kier molecular flexibility index (Phi) is 4.58. The van der Waals surface area contributed by atoms with Crippen LogP contribution in [0.2, 0.25) is 0 Å². The third-order valence-corrected chi connectivity index (χ3v) is 3.24. The molecule has 0 spiro atoms. The molecule has 0 saturated heterocycles. The molecule has 1 heterocycles. The molecule has 1 aromatic heterocycles. The number of aliphatic hydroxyl groups is 1. The molecule has 0 aliphatic heterocycles. The van der Waals surface area contributed by atoms with E-state index in [1.165, 1.54) is 0 Å². The molecule has 4 heteroatoms. The van der Waals surface area contributed by atoms with Crippen molar-refractivity contribution in [2.45, 2.75) is 17.2 Å². The van der Waals surface area contributed by atoms with Crippen LogP contribution in [0.25, 0.3) is 0 Å². The highest BCUT2D eigenvalue weighted by Crippen LogP contribution is 2.20. The minimum atomic E-state index is 0.304. The van der Waals surface area contributed by atoms with Crippen LogP contribution in [0.3, 0.4) is 0 Å². The Bertz CT molecular complexity index is 177. The molecule has 62 valence electrons. The van der Waals surface area contributed by atoms with E-state index < -0.39 is 0 Å². The quantitative estimate of drug-likeness (QED) is 0.568. The number of unbranched alkanes of at least 4 members (excludes halogenated alkanes) is 1. The number of thioether (sulfide) groups is 1. The van der Waals surface area contributed by atoms with E-state index in [0.717, 1.165) is 22.9 Å². The van der Waals surface area contributed by atoms with Crippen molar-refractivity contribution >= 4 is 23.1 Å². The van der Waals surface area contributed by atoms with Gasteiger partial charge in [0.2, 0.25) is 0 Å². The van der Waals surface area contributed by atoms with Gasteiger partial charge in [0.15, 0.2) is 0 Å².